The molecule has 0 heterocycles. The second-order valence-corrected chi connectivity index (χ2v) is 6.53. The van der Waals surface area contributed by atoms with Crippen molar-refractivity contribution >= 4 is 26.7 Å². The Bertz CT molecular complexity index is 954. The van der Waals surface area contributed by atoms with E-state index < -0.39 is 0 Å². The number of halogens is 1. The zero-order chi connectivity index (χ0) is 15.6. The minimum absolute atomic E-state index is 1.10. The molecule has 0 bridgehead atoms. The zero-order valence-electron chi connectivity index (χ0n) is 12.5. The van der Waals surface area contributed by atoms with Crippen LogP contribution < -0.4 is 0 Å². The molecule has 0 aliphatic heterocycles. The van der Waals surface area contributed by atoms with Crippen molar-refractivity contribution in [3.63, 3.8) is 0 Å². The molecular weight excluding hydrogens is 344 g/mol. The van der Waals surface area contributed by atoms with Gasteiger partial charge in [0.15, 0.2) is 0 Å². The van der Waals surface area contributed by atoms with Gasteiger partial charge in [0, 0.05) is 4.47 Å². The van der Waals surface area contributed by atoms with Crippen molar-refractivity contribution in [2.45, 2.75) is 0 Å². The standard InChI is InChI=1S/C22H15Br/c23-20-12-10-16(11-13-20)19-14-18-8-4-5-9-21(18)22(15-19)17-6-2-1-3-7-17/h1-15H. The molecule has 110 valence electrons. The molecule has 1 heteroatoms. The largest absolute Gasteiger partial charge is 0.0622 e. The Morgan fingerprint density at radius 2 is 1.22 bits per heavy atom. The lowest BCUT2D eigenvalue weighted by molar-refractivity contribution is 1.60. The molecule has 23 heavy (non-hydrogen) atoms. The van der Waals surface area contributed by atoms with Crippen molar-refractivity contribution in [2.75, 3.05) is 0 Å². The quantitative estimate of drug-likeness (QED) is 0.364. The Labute approximate surface area is 144 Å². The van der Waals surface area contributed by atoms with E-state index in [1.807, 2.05) is 0 Å². The predicted octanol–water partition coefficient (Wildman–Crippen LogP) is 6.94. The molecule has 0 saturated carbocycles. The molecule has 0 saturated heterocycles. The smallest absolute Gasteiger partial charge is 0.0175 e. The molecule has 0 aliphatic carbocycles. The van der Waals surface area contributed by atoms with Gasteiger partial charge in [-0.3, -0.25) is 0 Å². The summed E-state index contributed by atoms with van der Waals surface area (Å²) in [6, 6.07) is 32.2. The number of benzene rings is 4. The molecule has 0 nitrogen and oxygen atoms in total. The molecule has 4 aromatic rings. The monoisotopic (exact) mass is 358 g/mol. The molecule has 0 fully saturated rings. The Hall–Kier alpha value is -2.38. The van der Waals surface area contributed by atoms with Gasteiger partial charge in [0.05, 0.1) is 0 Å². The van der Waals surface area contributed by atoms with Gasteiger partial charge in [-0.1, -0.05) is 82.7 Å². The highest BCUT2D eigenvalue weighted by atomic mass is 79.9. The molecule has 4 aromatic carbocycles. The van der Waals surface area contributed by atoms with Crippen LogP contribution in [0.2, 0.25) is 0 Å². The van der Waals surface area contributed by atoms with E-state index in [1.54, 1.807) is 0 Å². The summed E-state index contributed by atoms with van der Waals surface area (Å²) in [5.74, 6) is 0. The van der Waals surface area contributed by atoms with Gasteiger partial charge in [0.1, 0.15) is 0 Å². The highest BCUT2D eigenvalue weighted by molar-refractivity contribution is 9.10. The van der Waals surface area contributed by atoms with Crippen LogP contribution >= 0.6 is 15.9 Å². The van der Waals surface area contributed by atoms with Crippen LogP contribution in [0.4, 0.5) is 0 Å². The fourth-order valence-electron chi connectivity index (χ4n) is 2.98. The van der Waals surface area contributed by atoms with Crippen molar-refractivity contribution in [1.29, 1.82) is 0 Å². The van der Waals surface area contributed by atoms with E-state index in [9.17, 15) is 0 Å². The van der Waals surface area contributed by atoms with Crippen LogP contribution in [0.1, 0.15) is 0 Å². The summed E-state index contributed by atoms with van der Waals surface area (Å²) < 4.78 is 1.10. The van der Waals surface area contributed by atoms with Gasteiger partial charge >= 0.3 is 0 Å². The fourth-order valence-corrected chi connectivity index (χ4v) is 3.24. The normalized spacial score (nSPS) is 10.8. The summed E-state index contributed by atoms with van der Waals surface area (Å²) in [5.41, 5.74) is 5.01. The van der Waals surface area contributed by atoms with Crippen molar-refractivity contribution in [1.82, 2.24) is 0 Å². The van der Waals surface area contributed by atoms with Crippen LogP contribution in [0, 0.1) is 0 Å². The van der Waals surface area contributed by atoms with Gasteiger partial charge in [-0.2, -0.15) is 0 Å². The molecule has 0 radical (unpaired) electrons. The first-order valence-corrected chi connectivity index (χ1v) is 8.45. The van der Waals surface area contributed by atoms with E-state index in [1.165, 1.54) is 33.0 Å². The van der Waals surface area contributed by atoms with Gasteiger partial charge in [-0.25, -0.2) is 0 Å². The van der Waals surface area contributed by atoms with Crippen LogP contribution in [0.15, 0.2) is 95.5 Å². The molecule has 4 rings (SSSR count). The van der Waals surface area contributed by atoms with E-state index in [4.69, 9.17) is 0 Å². The number of rotatable bonds is 2. The van der Waals surface area contributed by atoms with Crippen molar-refractivity contribution in [2.24, 2.45) is 0 Å². The molecule has 0 unspecified atom stereocenters. The minimum atomic E-state index is 1.10. The SMILES string of the molecule is Brc1ccc(-c2cc(-c3ccccc3)c3ccccc3c2)cc1. The summed E-state index contributed by atoms with van der Waals surface area (Å²) >= 11 is 3.51. The molecule has 0 amide bonds. The maximum Gasteiger partial charge on any atom is 0.0175 e. The van der Waals surface area contributed by atoms with Gasteiger partial charge in [-0.05, 0) is 57.3 Å². The molecule has 0 aromatic heterocycles. The average Bonchev–Trinajstić information content (AvgIpc) is 2.62. The van der Waals surface area contributed by atoms with Gasteiger partial charge in [-0.15, -0.1) is 0 Å². The molecular formula is C22H15Br. The van der Waals surface area contributed by atoms with Gasteiger partial charge in [0.25, 0.3) is 0 Å². The first-order chi connectivity index (χ1) is 11.3. The highest BCUT2D eigenvalue weighted by Gasteiger charge is 2.07. The Morgan fingerprint density at radius 1 is 0.522 bits per heavy atom. The highest BCUT2D eigenvalue weighted by Crippen LogP contribution is 2.34. The summed E-state index contributed by atoms with van der Waals surface area (Å²) in [7, 11) is 0. The first kappa shape index (κ1) is 14.2. The lowest BCUT2D eigenvalue weighted by Gasteiger charge is -2.11. The Kier molecular flexibility index (Phi) is 3.72. The number of hydrogen-bond donors (Lipinski definition) is 0. The van der Waals surface area contributed by atoms with Crippen molar-refractivity contribution in [3.05, 3.63) is 95.5 Å². The Morgan fingerprint density at radius 3 is 2.00 bits per heavy atom. The molecule has 0 atom stereocenters. The van der Waals surface area contributed by atoms with Crippen molar-refractivity contribution < 1.29 is 0 Å². The van der Waals surface area contributed by atoms with Crippen LogP contribution in [0.5, 0.6) is 0 Å². The number of hydrogen-bond acceptors (Lipinski definition) is 0. The van der Waals surface area contributed by atoms with Crippen LogP contribution in [-0.4, -0.2) is 0 Å². The third-order valence-corrected chi connectivity index (χ3v) is 4.65. The summed E-state index contributed by atoms with van der Waals surface area (Å²) in [6.07, 6.45) is 0. The molecule has 0 aliphatic rings. The van der Waals surface area contributed by atoms with E-state index >= 15 is 0 Å². The predicted molar refractivity (Wildman–Crippen MR) is 103 cm³/mol. The van der Waals surface area contributed by atoms with E-state index in [2.05, 4.69) is 107 Å². The van der Waals surface area contributed by atoms with Crippen LogP contribution in [0.25, 0.3) is 33.0 Å². The topological polar surface area (TPSA) is 0 Å². The third-order valence-electron chi connectivity index (χ3n) is 4.12. The molecule has 0 spiro atoms. The molecule has 0 N–H and O–H groups in total. The first-order valence-electron chi connectivity index (χ1n) is 7.65. The summed E-state index contributed by atoms with van der Waals surface area (Å²) in [4.78, 5) is 0. The van der Waals surface area contributed by atoms with Gasteiger partial charge < -0.3 is 0 Å². The minimum Gasteiger partial charge on any atom is -0.0622 e. The zero-order valence-corrected chi connectivity index (χ0v) is 14.1. The third kappa shape index (κ3) is 2.80. The second kappa shape index (κ2) is 6.02. The van der Waals surface area contributed by atoms with Crippen LogP contribution in [0.3, 0.4) is 0 Å². The van der Waals surface area contributed by atoms with E-state index in [-0.39, 0.29) is 0 Å². The van der Waals surface area contributed by atoms with Crippen molar-refractivity contribution in [3.8, 4) is 22.3 Å². The lowest BCUT2D eigenvalue weighted by atomic mass is 9.93. The number of fused-ring (bicyclic) bond motifs is 1. The summed E-state index contributed by atoms with van der Waals surface area (Å²) in [5, 5.41) is 2.56. The second-order valence-electron chi connectivity index (χ2n) is 5.62. The average molecular weight is 359 g/mol. The van der Waals surface area contributed by atoms with Crippen LogP contribution in [-0.2, 0) is 0 Å². The Balaban J connectivity index is 1.99. The fraction of sp³-hybridized carbons (Fsp3) is 0. The summed E-state index contributed by atoms with van der Waals surface area (Å²) in [6.45, 7) is 0. The maximum absolute atomic E-state index is 3.51. The van der Waals surface area contributed by atoms with E-state index in [0.717, 1.165) is 4.47 Å². The van der Waals surface area contributed by atoms with Gasteiger partial charge in [0.2, 0.25) is 0 Å². The lowest BCUT2D eigenvalue weighted by Crippen LogP contribution is -1.85. The van der Waals surface area contributed by atoms with E-state index in [0.29, 0.717) is 0 Å². The maximum atomic E-state index is 3.51.